The smallest absolute Gasteiger partial charge is 0.129 e. The lowest BCUT2D eigenvalue weighted by molar-refractivity contribution is 0.0736. The van der Waals surface area contributed by atoms with Gasteiger partial charge in [0.15, 0.2) is 0 Å². The van der Waals surface area contributed by atoms with Crippen LogP contribution in [0.15, 0.2) is 73.3 Å². The zero-order valence-corrected chi connectivity index (χ0v) is 10.5. The fourth-order valence-electron chi connectivity index (χ4n) is 1.75. The van der Waals surface area contributed by atoms with Gasteiger partial charge in [-0.25, -0.2) is 0 Å². The van der Waals surface area contributed by atoms with E-state index in [2.05, 4.69) is 6.58 Å². The Labute approximate surface area is 108 Å². The summed E-state index contributed by atoms with van der Waals surface area (Å²) in [6.45, 7) is 3.83. The van der Waals surface area contributed by atoms with Gasteiger partial charge in [-0.3, -0.25) is 9.90 Å². The molecule has 0 aliphatic rings. The normalized spacial score (nSPS) is 11.8. The van der Waals surface area contributed by atoms with Crippen LogP contribution in [-0.4, -0.2) is 7.05 Å². The Morgan fingerprint density at radius 3 is 2.11 bits per heavy atom. The van der Waals surface area contributed by atoms with Crippen LogP contribution in [0, 0.1) is 0 Å². The zero-order chi connectivity index (χ0) is 12.8. The molecule has 0 spiro atoms. The van der Waals surface area contributed by atoms with Gasteiger partial charge in [0.1, 0.15) is 6.10 Å². The third-order valence-electron chi connectivity index (χ3n) is 2.73. The minimum Gasteiger partial charge on any atom is -0.261 e. The van der Waals surface area contributed by atoms with Gasteiger partial charge in [-0.15, -0.1) is 6.58 Å². The first-order valence-electron chi connectivity index (χ1n) is 5.94. The fraction of sp³-hybridized carbons (Fsp3) is 0.125. The Kier molecular flexibility index (Phi) is 4.15. The highest BCUT2D eigenvalue weighted by atomic mass is 16.7. The van der Waals surface area contributed by atoms with Crippen molar-refractivity contribution in [3.05, 3.63) is 78.9 Å². The van der Waals surface area contributed by atoms with Crippen LogP contribution in [0.25, 0.3) is 0 Å². The number of rotatable bonds is 5. The summed E-state index contributed by atoms with van der Waals surface area (Å²) in [5, 5.41) is 1.76. The molecule has 0 heterocycles. The third-order valence-corrected chi connectivity index (χ3v) is 2.73. The monoisotopic (exact) mass is 239 g/mol. The maximum absolute atomic E-state index is 5.89. The second kappa shape index (κ2) is 6.03. The van der Waals surface area contributed by atoms with E-state index in [1.54, 1.807) is 11.1 Å². The van der Waals surface area contributed by atoms with Gasteiger partial charge in [0.2, 0.25) is 0 Å². The number of para-hydroxylation sites is 1. The predicted octanol–water partition coefficient (Wildman–Crippen LogP) is 3.98. The van der Waals surface area contributed by atoms with Gasteiger partial charge in [0.05, 0.1) is 5.69 Å². The largest absolute Gasteiger partial charge is 0.261 e. The minimum atomic E-state index is -0.142. The molecule has 2 aromatic rings. The van der Waals surface area contributed by atoms with Crippen molar-refractivity contribution in [3.63, 3.8) is 0 Å². The average Bonchev–Trinajstić information content (AvgIpc) is 2.46. The second-order valence-electron chi connectivity index (χ2n) is 4.01. The first-order chi connectivity index (χ1) is 8.81. The molecule has 0 radical (unpaired) electrons. The minimum absolute atomic E-state index is 0.142. The molecule has 0 aromatic heterocycles. The van der Waals surface area contributed by atoms with Gasteiger partial charge in [-0.05, 0) is 17.7 Å². The molecule has 2 aromatic carbocycles. The molecule has 2 rings (SSSR count). The number of nitrogens with zero attached hydrogens (tertiary/aromatic N) is 1. The van der Waals surface area contributed by atoms with Gasteiger partial charge in [-0.2, -0.15) is 0 Å². The lowest BCUT2D eigenvalue weighted by Crippen LogP contribution is -2.20. The molecule has 1 atom stereocenters. The summed E-state index contributed by atoms with van der Waals surface area (Å²) in [6.07, 6.45) is 1.66. The number of benzene rings is 2. The first-order valence-corrected chi connectivity index (χ1v) is 5.94. The zero-order valence-electron chi connectivity index (χ0n) is 10.5. The van der Waals surface area contributed by atoms with E-state index in [1.807, 2.05) is 67.7 Å². The summed E-state index contributed by atoms with van der Waals surface area (Å²) in [4.78, 5) is 5.89. The summed E-state index contributed by atoms with van der Waals surface area (Å²) < 4.78 is 0. The molecule has 1 unspecified atom stereocenters. The number of anilines is 1. The van der Waals surface area contributed by atoms with Crippen LogP contribution in [0.1, 0.15) is 11.7 Å². The Hall–Kier alpha value is -2.06. The molecule has 0 aliphatic heterocycles. The van der Waals surface area contributed by atoms with E-state index in [-0.39, 0.29) is 6.10 Å². The molecule has 0 saturated heterocycles. The standard InChI is InChI=1S/C16H17NO/c1-3-16(14-10-6-4-7-11-14)18-17(2)15-12-8-5-9-13-15/h3-13,16H,1H2,2H3. The van der Waals surface area contributed by atoms with Crippen molar-refractivity contribution in [3.8, 4) is 0 Å². The molecule has 2 heteroatoms. The summed E-state index contributed by atoms with van der Waals surface area (Å²) in [7, 11) is 1.90. The van der Waals surface area contributed by atoms with Gasteiger partial charge in [0.25, 0.3) is 0 Å². The van der Waals surface area contributed by atoms with Crippen LogP contribution >= 0.6 is 0 Å². The van der Waals surface area contributed by atoms with Crippen LogP contribution in [0.3, 0.4) is 0 Å². The van der Waals surface area contributed by atoms with E-state index >= 15 is 0 Å². The van der Waals surface area contributed by atoms with Crippen molar-refractivity contribution >= 4 is 5.69 Å². The van der Waals surface area contributed by atoms with Crippen LogP contribution < -0.4 is 5.06 Å². The van der Waals surface area contributed by atoms with Crippen LogP contribution in [0.5, 0.6) is 0 Å². The number of hydrogen-bond donors (Lipinski definition) is 0. The lowest BCUT2D eigenvalue weighted by atomic mass is 10.1. The summed E-state index contributed by atoms with van der Waals surface area (Å²) in [5.74, 6) is 0. The molecule has 0 aliphatic carbocycles. The Morgan fingerprint density at radius 2 is 1.56 bits per heavy atom. The van der Waals surface area contributed by atoms with Gasteiger partial charge < -0.3 is 0 Å². The van der Waals surface area contributed by atoms with Crippen LogP contribution in [-0.2, 0) is 4.84 Å². The molecule has 18 heavy (non-hydrogen) atoms. The van der Waals surface area contributed by atoms with Crippen LogP contribution in [0.4, 0.5) is 5.69 Å². The Bertz CT molecular complexity index is 481. The predicted molar refractivity (Wildman–Crippen MR) is 75.3 cm³/mol. The van der Waals surface area contributed by atoms with E-state index in [0.717, 1.165) is 11.3 Å². The molecule has 0 amide bonds. The van der Waals surface area contributed by atoms with Crippen molar-refractivity contribution < 1.29 is 4.84 Å². The maximum Gasteiger partial charge on any atom is 0.129 e. The molecule has 0 bridgehead atoms. The highest BCUT2D eigenvalue weighted by molar-refractivity contribution is 5.42. The van der Waals surface area contributed by atoms with Crippen molar-refractivity contribution in [1.82, 2.24) is 0 Å². The van der Waals surface area contributed by atoms with E-state index in [9.17, 15) is 0 Å². The summed E-state index contributed by atoms with van der Waals surface area (Å²) in [5.41, 5.74) is 2.11. The highest BCUT2D eigenvalue weighted by Gasteiger charge is 2.11. The Balaban J connectivity index is 2.10. The van der Waals surface area contributed by atoms with Crippen molar-refractivity contribution in [2.75, 3.05) is 12.1 Å². The molecule has 0 saturated carbocycles. The van der Waals surface area contributed by atoms with Gasteiger partial charge in [0, 0.05) is 7.05 Å². The van der Waals surface area contributed by atoms with Gasteiger partial charge in [-0.1, -0.05) is 54.6 Å². The lowest BCUT2D eigenvalue weighted by Gasteiger charge is -2.24. The summed E-state index contributed by atoms with van der Waals surface area (Å²) in [6, 6.07) is 20.0. The molecule has 0 N–H and O–H groups in total. The van der Waals surface area contributed by atoms with Crippen LogP contribution in [0.2, 0.25) is 0 Å². The van der Waals surface area contributed by atoms with E-state index in [4.69, 9.17) is 4.84 Å². The van der Waals surface area contributed by atoms with Crippen molar-refractivity contribution in [2.45, 2.75) is 6.10 Å². The molecule has 92 valence electrons. The Morgan fingerprint density at radius 1 is 1.00 bits per heavy atom. The molecule has 0 fully saturated rings. The van der Waals surface area contributed by atoms with E-state index in [1.165, 1.54) is 0 Å². The SMILES string of the molecule is C=CC(ON(C)c1ccccc1)c1ccccc1. The number of hydroxylamine groups is 1. The molecular formula is C16H17NO. The molecular weight excluding hydrogens is 222 g/mol. The second-order valence-corrected chi connectivity index (χ2v) is 4.01. The maximum atomic E-state index is 5.89. The quantitative estimate of drug-likeness (QED) is 0.578. The van der Waals surface area contributed by atoms with Gasteiger partial charge >= 0.3 is 0 Å². The van der Waals surface area contributed by atoms with E-state index < -0.39 is 0 Å². The molecule has 2 nitrogen and oxygen atoms in total. The highest BCUT2D eigenvalue weighted by Crippen LogP contribution is 2.22. The third kappa shape index (κ3) is 2.99. The average molecular weight is 239 g/mol. The number of hydrogen-bond acceptors (Lipinski definition) is 2. The van der Waals surface area contributed by atoms with Crippen molar-refractivity contribution in [1.29, 1.82) is 0 Å². The fourth-order valence-corrected chi connectivity index (χ4v) is 1.75. The van der Waals surface area contributed by atoms with E-state index in [0.29, 0.717) is 0 Å². The van der Waals surface area contributed by atoms with Crippen molar-refractivity contribution in [2.24, 2.45) is 0 Å². The first kappa shape index (κ1) is 12.4. The topological polar surface area (TPSA) is 12.5 Å². The summed E-state index contributed by atoms with van der Waals surface area (Å²) >= 11 is 0.